The Hall–Kier alpha value is -2.52. The molecule has 1 saturated heterocycles. The molecule has 2 unspecified atom stereocenters. The van der Waals surface area contributed by atoms with Crippen molar-refractivity contribution in [3.63, 3.8) is 0 Å². The average Bonchev–Trinajstić information content (AvgIpc) is 2.64. The number of nitrogens with one attached hydrogen (secondary N) is 1. The van der Waals surface area contributed by atoms with E-state index in [-0.39, 0.29) is 6.23 Å². The van der Waals surface area contributed by atoms with Gasteiger partial charge in [-0.3, -0.25) is 5.32 Å². The van der Waals surface area contributed by atoms with Crippen LogP contribution in [0, 0.1) is 6.92 Å². The monoisotopic (exact) mass is 333 g/mol. The van der Waals surface area contributed by atoms with Crippen LogP contribution in [0.4, 0.5) is 0 Å². The van der Waals surface area contributed by atoms with Crippen LogP contribution in [0.5, 0.6) is 11.5 Å². The van der Waals surface area contributed by atoms with E-state index in [1.807, 2.05) is 24.3 Å². The van der Waals surface area contributed by atoms with Crippen LogP contribution >= 0.6 is 0 Å². The molecule has 1 aliphatic rings. The minimum atomic E-state index is 0.0577. The van der Waals surface area contributed by atoms with Crippen molar-refractivity contribution in [3.05, 3.63) is 71.8 Å². The summed E-state index contributed by atoms with van der Waals surface area (Å²) in [6, 6.07) is 20.2. The second-order valence-corrected chi connectivity index (χ2v) is 6.85. The van der Waals surface area contributed by atoms with Crippen LogP contribution in [0.15, 0.2) is 60.7 Å². The summed E-state index contributed by atoms with van der Waals surface area (Å²) >= 11 is 0. The summed E-state index contributed by atoms with van der Waals surface area (Å²) in [6.45, 7) is 2.96. The van der Waals surface area contributed by atoms with Crippen LogP contribution in [-0.2, 0) is 0 Å². The first-order valence-corrected chi connectivity index (χ1v) is 8.87. The molecule has 0 saturated carbocycles. The Morgan fingerprint density at radius 1 is 1.00 bits per heavy atom. The zero-order valence-electron chi connectivity index (χ0n) is 14.4. The molecule has 0 bridgehead atoms. The lowest BCUT2D eigenvalue weighted by Gasteiger charge is -2.31. The number of piperidine rings is 1. The molecule has 25 heavy (non-hydrogen) atoms. The van der Waals surface area contributed by atoms with Crippen molar-refractivity contribution >= 4 is 10.8 Å². The highest BCUT2D eigenvalue weighted by Gasteiger charge is 2.24. The first-order chi connectivity index (χ1) is 12.2. The maximum absolute atomic E-state index is 9.84. The largest absolute Gasteiger partial charge is 0.508 e. The van der Waals surface area contributed by atoms with E-state index in [1.165, 1.54) is 16.5 Å². The first kappa shape index (κ1) is 16.0. The summed E-state index contributed by atoms with van der Waals surface area (Å²) < 4.78 is 6.05. The summed E-state index contributed by atoms with van der Waals surface area (Å²) in [5, 5.41) is 15.7. The fourth-order valence-corrected chi connectivity index (χ4v) is 3.62. The summed E-state index contributed by atoms with van der Waals surface area (Å²) in [5.41, 5.74) is 2.54. The molecule has 3 nitrogen and oxygen atoms in total. The molecule has 1 heterocycles. The van der Waals surface area contributed by atoms with E-state index in [0.29, 0.717) is 11.7 Å². The van der Waals surface area contributed by atoms with Gasteiger partial charge in [-0.15, -0.1) is 0 Å². The van der Waals surface area contributed by atoms with Crippen molar-refractivity contribution in [3.8, 4) is 11.5 Å². The normalized spacial score (nSPS) is 20.5. The Bertz CT molecular complexity index is 865. The predicted molar refractivity (Wildman–Crippen MR) is 101 cm³/mol. The second-order valence-electron chi connectivity index (χ2n) is 6.85. The van der Waals surface area contributed by atoms with E-state index in [0.717, 1.165) is 30.5 Å². The van der Waals surface area contributed by atoms with Crippen molar-refractivity contribution in [1.29, 1.82) is 0 Å². The van der Waals surface area contributed by atoms with Gasteiger partial charge in [-0.05, 0) is 66.3 Å². The summed E-state index contributed by atoms with van der Waals surface area (Å²) in [7, 11) is 0. The van der Waals surface area contributed by atoms with E-state index >= 15 is 0 Å². The molecule has 1 aliphatic heterocycles. The molecular formula is C22H23NO2. The number of fused-ring (bicyclic) bond motifs is 1. The van der Waals surface area contributed by atoms with Crippen molar-refractivity contribution in [2.45, 2.75) is 31.9 Å². The molecule has 128 valence electrons. The molecule has 2 N–H and O–H groups in total. The highest BCUT2D eigenvalue weighted by Crippen LogP contribution is 2.33. The molecule has 4 rings (SSSR count). The molecule has 3 aromatic carbocycles. The summed E-state index contributed by atoms with van der Waals surface area (Å²) in [4.78, 5) is 0. The molecule has 3 aromatic rings. The van der Waals surface area contributed by atoms with Gasteiger partial charge in [-0.2, -0.15) is 0 Å². The van der Waals surface area contributed by atoms with Gasteiger partial charge in [0.15, 0.2) is 0 Å². The van der Waals surface area contributed by atoms with Gasteiger partial charge in [0.2, 0.25) is 0 Å². The number of aryl methyl sites for hydroxylation is 1. The summed E-state index contributed by atoms with van der Waals surface area (Å²) in [5.74, 6) is 1.67. The van der Waals surface area contributed by atoms with E-state index in [1.54, 1.807) is 6.07 Å². The quantitative estimate of drug-likeness (QED) is 0.728. The lowest BCUT2D eigenvalue weighted by molar-refractivity contribution is 0.125. The Balaban J connectivity index is 1.47. The van der Waals surface area contributed by atoms with Crippen LogP contribution in [0.3, 0.4) is 0 Å². The second kappa shape index (κ2) is 6.77. The highest BCUT2D eigenvalue weighted by molar-refractivity contribution is 5.87. The predicted octanol–water partition coefficient (Wildman–Crippen LogP) is 4.73. The van der Waals surface area contributed by atoms with E-state index in [9.17, 15) is 5.11 Å². The molecule has 3 heteroatoms. The molecule has 0 radical (unpaired) electrons. The van der Waals surface area contributed by atoms with Crippen LogP contribution in [0.2, 0.25) is 0 Å². The van der Waals surface area contributed by atoms with Gasteiger partial charge < -0.3 is 9.84 Å². The van der Waals surface area contributed by atoms with E-state index in [4.69, 9.17) is 4.74 Å². The molecule has 2 atom stereocenters. The van der Waals surface area contributed by atoms with Crippen molar-refractivity contribution in [1.82, 2.24) is 5.32 Å². The number of aromatic hydroxyl groups is 1. The van der Waals surface area contributed by atoms with Gasteiger partial charge in [0.25, 0.3) is 0 Å². The number of benzene rings is 3. The van der Waals surface area contributed by atoms with Crippen molar-refractivity contribution < 1.29 is 9.84 Å². The average molecular weight is 333 g/mol. The fourth-order valence-electron chi connectivity index (χ4n) is 3.62. The smallest absolute Gasteiger partial charge is 0.150 e. The fraction of sp³-hybridized carbons (Fsp3) is 0.273. The van der Waals surface area contributed by atoms with Gasteiger partial charge in [0.1, 0.15) is 17.7 Å². The molecule has 1 fully saturated rings. The highest BCUT2D eigenvalue weighted by atomic mass is 16.5. The molecule has 0 aliphatic carbocycles. The summed E-state index contributed by atoms with van der Waals surface area (Å²) in [6.07, 6.45) is 2.09. The maximum Gasteiger partial charge on any atom is 0.150 e. The zero-order valence-corrected chi connectivity index (χ0v) is 14.4. The first-order valence-electron chi connectivity index (χ1n) is 8.87. The van der Waals surface area contributed by atoms with Crippen LogP contribution in [-0.4, -0.2) is 17.9 Å². The van der Waals surface area contributed by atoms with Gasteiger partial charge in [-0.1, -0.05) is 42.0 Å². The molecule has 0 spiro atoms. The SMILES string of the molecule is Cc1ccc(OC2CCC(c3cccc4ccc(O)cc34)CN2)cc1. The van der Waals surface area contributed by atoms with E-state index < -0.39 is 0 Å². The maximum atomic E-state index is 9.84. The molecule has 0 amide bonds. The van der Waals surface area contributed by atoms with Crippen molar-refractivity contribution in [2.75, 3.05) is 6.54 Å². The van der Waals surface area contributed by atoms with Crippen LogP contribution in [0.1, 0.15) is 29.9 Å². The Morgan fingerprint density at radius 3 is 2.60 bits per heavy atom. The van der Waals surface area contributed by atoms with Crippen LogP contribution in [0.25, 0.3) is 10.8 Å². The minimum Gasteiger partial charge on any atom is -0.508 e. The molecule has 0 aromatic heterocycles. The number of hydrogen-bond acceptors (Lipinski definition) is 3. The number of ether oxygens (including phenoxy) is 1. The minimum absolute atomic E-state index is 0.0577. The van der Waals surface area contributed by atoms with Crippen molar-refractivity contribution in [2.24, 2.45) is 0 Å². The number of phenolic OH excluding ortho intramolecular Hbond substituents is 1. The van der Waals surface area contributed by atoms with Gasteiger partial charge in [0.05, 0.1) is 0 Å². The Kier molecular flexibility index (Phi) is 4.33. The van der Waals surface area contributed by atoms with Gasteiger partial charge in [-0.25, -0.2) is 0 Å². The Labute approximate surface area is 148 Å². The molecular weight excluding hydrogens is 310 g/mol. The lowest BCUT2D eigenvalue weighted by Crippen LogP contribution is -2.41. The van der Waals surface area contributed by atoms with Gasteiger partial charge in [0, 0.05) is 6.54 Å². The number of rotatable bonds is 3. The third-order valence-corrected chi connectivity index (χ3v) is 5.01. The standard InChI is InChI=1S/C22H23NO2/c1-15-5-10-19(11-6-15)25-22-12-8-17(14-23-22)20-4-2-3-16-7-9-18(24)13-21(16)20/h2-7,9-11,13,17,22-24H,8,12,14H2,1H3. The van der Waals surface area contributed by atoms with Gasteiger partial charge >= 0.3 is 0 Å². The van der Waals surface area contributed by atoms with E-state index in [2.05, 4.69) is 42.6 Å². The Morgan fingerprint density at radius 2 is 1.84 bits per heavy atom. The third kappa shape index (κ3) is 3.47. The topological polar surface area (TPSA) is 41.5 Å². The third-order valence-electron chi connectivity index (χ3n) is 5.01. The lowest BCUT2D eigenvalue weighted by atomic mass is 9.87. The zero-order chi connectivity index (χ0) is 17.2. The van der Waals surface area contributed by atoms with Crippen LogP contribution < -0.4 is 10.1 Å². The number of phenols is 1. The number of hydrogen-bond donors (Lipinski definition) is 2.